The van der Waals surface area contributed by atoms with Crippen LogP contribution in [0, 0.1) is 0 Å². The Morgan fingerprint density at radius 3 is 2.36 bits per heavy atom. The Hall–Kier alpha value is -5.68. The number of rotatable bonds is 4. The molecule has 4 aromatic carbocycles. The lowest BCUT2D eigenvalue weighted by atomic mass is 9.82. The third-order valence-corrected chi connectivity index (χ3v) is 11.2. The van der Waals surface area contributed by atoms with E-state index in [2.05, 4.69) is 140 Å². The van der Waals surface area contributed by atoms with Crippen LogP contribution in [0.4, 0.5) is 0 Å². The molecule has 2 atom stereocenters. The second kappa shape index (κ2) is 11.2. The van der Waals surface area contributed by atoms with Gasteiger partial charge in [-0.15, -0.1) is 0 Å². The Kier molecular flexibility index (Phi) is 6.54. The van der Waals surface area contributed by atoms with Crippen molar-refractivity contribution in [3.8, 4) is 16.9 Å². The average molecular weight is 651 g/mol. The molecule has 0 saturated heterocycles. The highest BCUT2D eigenvalue weighted by molar-refractivity contribution is 6.16. The van der Waals surface area contributed by atoms with Gasteiger partial charge in [-0.25, -0.2) is 9.98 Å². The third kappa shape index (κ3) is 4.53. The van der Waals surface area contributed by atoms with Gasteiger partial charge in [0, 0.05) is 32.7 Å². The molecule has 0 saturated carbocycles. The Morgan fingerprint density at radius 2 is 1.50 bits per heavy atom. The molecule has 0 aromatic heterocycles. The van der Waals surface area contributed by atoms with Crippen LogP contribution < -0.4 is 25.8 Å². The summed E-state index contributed by atoms with van der Waals surface area (Å²) in [5.41, 5.74) is 12.4. The van der Waals surface area contributed by atoms with E-state index in [1.165, 1.54) is 49.9 Å². The monoisotopic (exact) mass is 650 g/mol. The summed E-state index contributed by atoms with van der Waals surface area (Å²) < 4.78 is 6.39. The van der Waals surface area contributed by atoms with Gasteiger partial charge in [0.05, 0.1) is 0 Å². The van der Waals surface area contributed by atoms with E-state index in [0.717, 1.165) is 65.2 Å². The number of benzene rings is 4. The molecule has 0 spiro atoms. The number of hydrogen-bond donors (Lipinski definition) is 2. The molecule has 2 unspecified atom stereocenters. The van der Waals surface area contributed by atoms with Crippen molar-refractivity contribution in [3.05, 3.63) is 171 Å². The highest BCUT2D eigenvalue weighted by atomic mass is 16.5. The summed E-state index contributed by atoms with van der Waals surface area (Å²) in [4.78, 5) is 10.5. The Bertz CT molecular complexity index is 2450. The van der Waals surface area contributed by atoms with Gasteiger partial charge in [-0.05, 0) is 70.7 Å². The molecule has 3 heterocycles. The van der Waals surface area contributed by atoms with E-state index in [0.29, 0.717) is 0 Å². The molecular formula is C45H38N4O. The summed E-state index contributed by atoms with van der Waals surface area (Å²) in [5, 5.41) is 9.90. The zero-order valence-electron chi connectivity index (χ0n) is 28.3. The minimum Gasteiger partial charge on any atom is -0.458 e. The van der Waals surface area contributed by atoms with E-state index in [9.17, 15) is 0 Å². The van der Waals surface area contributed by atoms with Gasteiger partial charge in [-0.1, -0.05) is 129 Å². The molecule has 10 rings (SSSR count). The van der Waals surface area contributed by atoms with Crippen LogP contribution in [-0.2, 0) is 5.41 Å². The number of fused-ring (bicyclic) bond motifs is 7. The highest BCUT2D eigenvalue weighted by Gasteiger charge is 2.37. The molecule has 5 heteroatoms. The summed E-state index contributed by atoms with van der Waals surface area (Å²) >= 11 is 0. The zero-order chi connectivity index (χ0) is 33.4. The van der Waals surface area contributed by atoms with Crippen LogP contribution in [0.3, 0.4) is 0 Å². The molecule has 0 fully saturated rings. The van der Waals surface area contributed by atoms with Crippen molar-refractivity contribution in [1.29, 1.82) is 0 Å². The summed E-state index contributed by atoms with van der Waals surface area (Å²) in [5.74, 6) is 3.73. The van der Waals surface area contributed by atoms with Gasteiger partial charge in [-0.3, -0.25) is 0 Å². The molecule has 0 amide bonds. The van der Waals surface area contributed by atoms with Crippen LogP contribution in [-0.4, -0.2) is 11.7 Å². The largest absolute Gasteiger partial charge is 0.458 e. The Labute approximate surface area is 292 Å². The third-order valence-electron chi connectivity index (χ3n) is 11.2. The van der Waals surface area contributed by atoms with Crippen molar-refractivity contribution in [3.63, 3.8) is 0 Å². The first-order valence-electron chi connectivity index (χ1n) is 17.8. The minimum atomic E-state index is -0.328. The van der Waals surface area contributed by atoms with Crippen LogP contribution in [0.25, 0.3) is 22.6 Å². The van der Waals surface area contributed by atoms with Gasteiger partial charge in [0.1, 0.15) is 29.2 Å². The number of aliphatic imine (C=N–C) groups is 2. The molecular weight excluding hydrogens is 613 g/mol. The molecule has 4 aromatic rings. The topological polar surface area (TPSA) is 58.0 Å². The fraction of sp³-hybridized carbons (Fsp3) is 0.200. The molecule has 244 valence electrons. The maximum absolute atomic E-state index is 6.39. The zero-order valence-corrected chi connectivity index (χ0v) is 28.3. The van der Waals surface area contributed by atoms with Gasteiger partial charge in [-0.2, -0.15) is 0 Å². The van der Waals surface area contributed by atoms with Gasteiger partial charge in [0.25, 0.3) is 0 Å². The van der Waals surface area contributed by atoms with Crippen LogP contribution in [0.2, 0.25) is 0 Å². The second-order valence-corrected chi connectivity index (χ2v) is 14.5. The average Bonchev–Trinajstić information content (AvgIpc) is 3.67. The molecule has 0 radical (unpaired) electrons. The number of ether oxygens (including phenoxy) is 1. The lowest BCUT2D eigenvalue weighted by molar-refractivity contribution is 0.501. The first kappa shape index (κ1) is 29.3. The number of allylic oxidation sites excluding steroid dienone is 4. The maximum atomic E-state index is 6.39. The van der Waals surface area contributed by atoms with Crippen molar-refractivity contribution >= 4 is 23.1 Å². The smallest absolute Gasteiger partial charge is 0.169 e. The van der Waals surface area contributed by atoms with Gasteiger partial charge < -0.3 is 15.4 Å². The van der Waals surface area contributed by atoms with E-state index in [4.69, 9.17) is 14.7 Å². The number of amidine groups is 2. The summed E-state index contributed by atoms with van der Waals surface area (Å²) in [6.07, 6.45) is 14.8. The molecule has 5 nitrogen and oxygen atoms in total. The van der Waals surface area contributed by atoms with E-state index in [1.54, 1.807) is 0 Å². The molecule has 2 N–H and O–H groups in total. The second-order valence-electron chi connectivity index (χ2n) is 14.5. The lowest BCUT2D eigenvalue weighted by Gasteiger charge is -2.28. The van der Waals surface area contributed by atoms with Crippen molar-refractivity contribution in [2.45, 2.75) is 57.2 Å². The van der Waals surface area contributed by atoms with Gasteiger partial charge in [0.2, 0.25) is 0 Å². The van der Waals surface area contributed by atoms with Crippen molar-refractivity contribution in [2.24, 2.45) is 9.98 Å². The molecule has 50 heavy (non-hydrogen) atoms. The number of hydrogen-bond acceptors (Lipinski definition) is 5. The van der Waals surface area contributed by atoms with Gasteiger partial charge in [0.15, 0.2) is 6.17 Å². The minimum absolute atomic E-state index is 0.00760. The van der Waals surface area contributed by atoms with Crippen molar-refractivity contribution in [2.75, 3.05) is 0 Å². The van der Waals surface area contributed by atoms with Crippen molar-refractivity contribution < 1.29 is 4.74 Å². The van der Waals surface area contributed by atoms with Gasteiger partial charge >= 0.3 is 0 Å². The summed E-state index contributed by atoms with van der Waals surface area (Å²) in [6.45, 7) is 4.66. The van der Waals surface area contributed by atoms with E-state index >= 15 is 0 Å². The Morgan fingerprint density at radius 1 is 0.740 bits per heavy atom. The predicted octanol–water partition coefficient (Wildman–Crippen LogP) is 7.97. The number of para-hydroxylation sites is 1. The van der Waals surface area contributed by atoms with E-state index in [1.807, 2.05) is 6.07 Å². The molecule has 0 bridgehead atoms. The first-order valence-corrected chi connectivity index (χ1v) is 17.8. The summed E-state index contributed by atoms with van der Waals surface area (Å²) in [7, 11) is 0. The highest BCUT2D eigenvalue weighted by Crippen LogP contribution is 2.49. The fourth-order valence-electron chi connectivity index (χ4n) is 8.51. The summed E-state index contributed by atoms with van der Waals surface area (Å²) in [6, 6.07) is 32.6. The first-order chi connectivity index (χ1) is 24.5. The van der Waals surface area contributed by atoms with Crippen LogP contribution in [0.5, 0.6) is 5.75 Å². The quantitative estimate of drug-likeness (QED) is 0.236. The molecule has 3 aliphatic heterocycles. The number of nitrogens with zero attached hydrogens (tertiary/aromatic N) is 2. The molecule has 3 aliphatic carbocycles. The van der Waals surface area contributed by atoms with E-state index in [-0.39, 0.29) is 17.6 Å². The number of nitrogens with one attached hydrogen (secondary N) is 2. The van der Waals surface area contributed by atoms with E-state index < -0.39 is 0 Å². The SMILES string of the molecule is CC1(C)c2ccccc2-c2ccc(C3N=C(C4=CCCC=C4)NC(C4=CC=C(C5=c6ccccc6=C6Oc7ccccc7C6N5)CC4)=N3)cc21. The lowest BCUT2D eigenvalue weighted by Crippen LogP contribution is -2.42. The predicted molar refractivity (Wildman–Crippen MR) is 202 cm³/mol. The van der Waals surface area contributed by atoms with Crippen LogP contribution in [0.1, 0.15) is 74.0 Å². The van der Waals surface area contributed by atoms with Crippen LogP contribution in [0.15, 0.2) is 148 Å². The maximum Gasteiger partial charge on any atom is 0.169 e. The molecule has 6 aliphatic rings. The normalized spacial score (nSPS) is 22.2. The van der Waals surface area contributed by atoms with Crippen LogP contribution >= 0.6 is 0 Å². The fourth-order valence-corrected chi connectivity index (χ4v) is 8.51. The van der Waals surface area contributed by atoms with Crippen molar-refractivity contribution in [1.82, 2.24) is 10.6 Å². The Balaban J connectivity index is 1.03. The standard InChI is InChI=1S/C45H38N4O/c1-45(2)36-18-10-8-14-31(36)32-25-24-30(26-37(32)45)44-48-42(28-12-4-3-5-13-28)47-43(49-44)29-22-20-27(21-23-29)39-33-15-6-7-16-34(33)41-40(46-39)35-17-9-11-19-38(35)50-41/h4,6-20,22,24-26,40,44,46H,3,5,21,23H2,1-2H3,(H,47,48,49).